The van der Waals surface area contributed by atoms with Crippen molar-refractivity contribution in [3.8, 4) is 5.75 Å². The molecule has 1 aromatic rings. The molecule has 3 aliphatic rings. The molecule has 0 aromatic heterocycles. The Bertz CT molecular complexity index is 614. The van der Waals surface area contributed by atoms with Gasteiger partial charge in [-0.2, -0.15) is 0 Å². The molecule has 2 heterocycles. The third kappa shape index (κ3) is 2.69. The van der Waals surface area contributed by atoms with Crippen LogP contribution in [0.2, 0.25) is 0 Å². The molecule has 4 heteroatoms. The summed E-state index contributed by atoms with van der Waals surface area (Å²) in [5.74, 6) is 0.899. The summed E-state index contributed by atoms with van der Waals surface area (Å²) in [5.41, 5.74) is 0.262. The van der Waals surface area contributed by atoms with E-state index in [4.69, 9.17) is 4.74 Å². The van der Waals surface area contributed by atoms with Gasteiger partial charge in [0.05, 0.1) is 6.42 Å². The summed E-state index contributed by atoms with van der Waals surface area (Å²) in [4.78, 5) is 27.2. The van der Waals surface area contributed by atoms with Crippen molar-refractivity contribution in [3.05, 3.63) is 30.3 Å². The lowest BCUT2D eigenvalue weighted by Gasteiger charge is -2.51. The van der Waals surface area contributed by atoms with E-state index in [1.807, 2.05) is 18.2 Å². The molecule has 1 aromatic carbocycles. The Balaban J connectivity index is 1.46. The van der Waals surface area contributed by atoms with E-state index in [2.05, 4.69) is 4.90 Å². The highest BCUT2D eigenvalue weighted by Crippen LogP contribution is 2.49. The second kappa shape index (κ2) is 5.75. The van der Waals surface area contributed by atoms with Crippen molar-refractivity contribution in [1.82, 2.24) is 4.90 Å². The van der Waals surface area contributed by atoms with Crippen molar-refractivity contribution in [1.29, 1.82) is 0 Å². The fourth-order valence-corrected chi connectivity index (χ4v) is 4.88. The molecule has 1 unspecified atom stereocenters. The maximum Gasteiger partial charge on any atom is 0.311 e. The number of benzene rings is 1. The molecule has 2 saturated heterocycles. The highest BCUT2D eigenvalue weighted by Gasteiger charge is 2.53. The summed E-state index contributed by atoms with van der Waals surface area (Å²) in [6.45, 7) is 1.99. The maximum absolute atomic E-state index is 12.4. The number of nitrogens with zero attached hydrogens (tertiary/aromatic N) is 1. The predicted octanol–water partition coefficient (Wildman–Crippen LogP) is 2.82. The Morgan fingerprint density at radius 1 is 1.26 bits per heavy atom. The molecular formula is C19H23NO3. The van der Waals surface area contributed by atoms with Gasteiger partial charge in [0.2, 0.25) is 0 Å². The molecule has 4 nitrogen and oxygen atoms in total. The Hall–Kier alpha value is -1.68. The number of ether oxygens (including phenoxy) is 1. The van der Waals surface area contributed by atoms with Crippen LogP contribution in [0.5, 0.6) is 5.75 Å². The van der Waals surface area contributed by atoms with Crippen LogP contribution in [-0.4, -0.2) is 35.3 Å². The SMILES string of the molecule is O=C(C[C@@H]1CN2CCC[C@]23CCC(=O)C1C3)Oc1ccccc1. The van der Waals surface area contributed by atoms with Crippen molar-refractivity contribution in [2.75, 3.05) is 13.1 Å². The zero-order valence-corrected chi connectivity index (χ0v) is 13.4. The van der Waals surface area contributed by atoms with E-state index < -0.39 is 0 Å². The smallest absolute Gasteiger partial charge is 0.311 e. The third-order valence-electron chi connectivity index (χ3n) is 6.02. The minimum atomic E-state index is -0.216. The maximum atomic E-state index is 12.4. The van der Waals surface area contributed by atoms with Gasteiger partial charge in [-0.25, -0.2) is 0 Å². The lowest BCUT2D eigenvalue weighted by Crippen LogP contribution is -2.58. The molecule has 2 bridgehead atoms. The zero-order valence-electron chi connectivity index (χ0n) is 13.4. The number of hydrogen-bond donors (Lipinski definition) is 0. The topological polar surface area (TPSA) is 46.6 Å². The van der Waals surface area contributed by atoms with Gasteiger partial charge in [0.25, 0.3) is 0 Å². The Labute approximate surface area is 136 Å². The second-order valence-corrected chi connectivity index (χ2v) is 7.30. The molecule has 23 heavy (non-hydrogen) atoms. The van der Waals surface area contributed by atoms with E-state index in [0.29, 0.717) is 24.4 Å². The average molecular weight is 313 g/mol. The minimum Gasteiger partial charge on any atom is -0.427 e. The first kappa shape index (κ1) is 14.9. The van der Waals surface area contributed by atoms with Crippen molar-refractivity contribution < 1.29 is 14.3 Å². The van der Waals surface area contributed by atoms with Crippen molar-refractivity contribution >= 4 is 11.8 Å². The van der Waals surface area contributed by atoms with Gasteiger partial charge in [0, 0.05) is 24.4 Å². The van der Waals surface area contributed by atoms with E-state index in [1.165, 1.54) is 12.8 Å². The first-order valence-electron chi connectivity index (χ1n) is 8.70. The van der Waals surface area contributed by atoms with Crippen LogP contribution < -0.4 is 4.74 Å². The molecule has 1 spiro atoms. The van der Waals surface area contributed by atoms with Crippen LogP contribution in [0.3, 0.4) is 0 Å². The quantitative estimate of drug-likeness (QED) is 0.636. The monoisotopic (exact) mass is 313 g/mol. The van der Waals surface area contributed by atoms with Gasteiger partial charge < -0.3 is 4.74 Å². The molecule has 1 saturated carbocycles. The van der Waals surface area contributed by atoms with Crippen molar-refractivity contribution in [2.24, 2.45) is 11.8 Å². The van der Waals surface area contributed by atoms with Gasteiger partial charge in [0.1, 0.15) is 11.5 Å². The molecule has 122 valence electrons. The fraction of sp³-hybridized carbons (Fsp3) is 0.579. The lowest BCUT2D eigenvalue weighted by atomic mass is 9.65. The van der Waals surface area contributed by atoms with Crippen LogP contribution in [0, 0.1) is 11.8 Å². The molecule has 4 rings (SSSR count). The van der Waals surface area contributed by atoms with E-state index >= 15 is 0 Å². The molecule has 2 aliphatic heterocycles. The van der Waals surface area contributed by atoms with Crippen LogP contribution >= 0.6 is 0 Å². The summed E-state index contributed by atoms with van der Waals surface area (Å²) in [6, 6.07) is 9.18. The van der Waals surface area contributed by atoms with Crippen LogP contribution in [0.25, 0.3) is 0 Å². The number of Topliss-reactive ketones (excluding diaryl/α,β-unsaturated/α-hetero) is 1. The second-order valence-electron chi connectivity index (χ2n) is 7.30. The number of piperidine rings is 1. The summed E-state index contributed by atoms with van der Waals surface area (Å²) < 4.78 is 5.43. The summed E-state index contributed by atoms with van der Waals surface area (Å²) >= 11 is 0. The molecule has 0 radical (unpaired) electrons. The minimum absolute atomic E-state index is 0.0569. The van der Waals surface area contributed by atoms with Crippen molar-refractivity contribution in [2.45, 2.75) is 44.1 Å². The predicted molar refractivity (Wildman–Crippen MR) is 86.1 cm³/mol. The Kier molecular flexibility index (Phi) is 3.72. The van der Waals surface area contributed by atoms with Crippen molar-refractivity contribution in [3.63, 3.8) is 0 Å². The number of carbonyl (C=O) groups is 2. The van der Waals surface area contributed by atoms with Gasteiger partial charge >= 0.3 is 5.97 Å². The Morgan fingerprint density at radius 3 is 2.91 bits per heavy atom. The fourth-order valence-electron chi connectivity index (χ4n) is 4.88. The summed E-state index contributed by atoms with van der Waals surface area (Å²) in [5, 5.41) is 0. The largest absolute Gasteiger partial charge is 0.427 e. The molecule has 3 atom stereocenters. The first-order chi connectivity index (χ1) is 11.2. The number of esters is 1. The lowest BCUT2D eigenvalue weighted by molar-refractivity contribution is -0.142. The van der Waals surface area contributed by atoms with Gasteiger partial charge in [-0.05, 0) is 50.3 Å². The molecule has 0 N–H and O–H groups in total. The Morgan fingerprint density at radius 2 is 2.09 bits per heavy atom. The normalized spacial score (nSPS) is 33.3. The number of ketones is 1. The zero-order chi connectivity index (χ0) is 15.9. The van der Waals surface area contributed by atoms with Gasteiger partial charge in [-0.3, -0.25) is 14.5 Å². The number of rotatable bonds is 3. The van der Waals surface area contributed by atoms with Crippen LogP contribution in [-0.2, 0) is 9.59 Å². The number of hydrogen-bond acceptors (Lipinski definition) is 4. The molecule has 1 aliphatic carbocycles. The molecular weight excluding hydrogens is 290 g/mol. The average Bonchev–Trinajstić information content (AvgIpc) is 2.94. The number of para-hydroxylation sites is 1. The van der Waals surface area contributed by atoms with E-state index in [-0.39, 0.29) is 23.3 Å². The number of fused-ring (bicyclic) bond motifs is 1. The first-order valence-corrected chi connectivity index (χ1v) is 8.70. The number of carbonyl (C=O) groups excluding carboxylic acids is 2. The van der Waals surface area contributed by atoms with Gasteiger partial charge in [0.15, 0.2) is 0 Å². The summed E-state index contributed by atoms with van der Waals surface area (Å²) in [6.07, 6.45) is 5.45. The molecule has 0 amide bonds. The van der Waals surface area contributed by atoms with E-state index in [1.54, 1.807) is 12.1 Å². The molecule has 3 fully saturated rings. The van der Waals surface area contributed by atoms with Gasteiger partial charge in [-0.15, -0.1) is 0 Å². The third-order valence-corrected chi connectivity index (χ3v) is 6.02. The standard InChI is InChI=1S/C19H23NO3/c21-17-7-9-19-8-4-10-20(19)13-14(16(17)12-19)11-18(22)23-15-5-2-1-3-6-15/h1-3,5-6,14,16H,4,7-13H2/t14-,16?,19-/m1/s1. The van der Waals surface area contributed by atoms with Crippen LogP contribution in [0.15, 0.2) is 30.3 Å². The highest BCUT2D eigenvalue weighted by atomic mass is 16.5. The van der Waals surface area contributed by atoms with E-state index in [9.17, 15) is 9.59 Å². The highest BCUT2D eigenvalue weighted by molar-refractivity contribution is 5.84. The summed E-state index contributed by atoms with van der Waals surface area (Å²) in [7, 11) is 0. The van der Waals surface area contributed by atoms with E-state index in [0.717, 1.165) is 25.9 Å². The van der Waals surface area contributed by atoms with Gasteiger partial charge in [-0.1, -0.05) is 18.2 Å². The van der Waals surface area contributed by atoms with Crippen LogP contribution in [0.4, 0.5) is 0 Å². The van der Waals surface area contributed by atoms with Crippen LogP contribution in [0.1, 0.15) is 38.5 Å².